The van der Waals surface area contributed by atoms with Crippen LogP contribution in [0.5, 0.6) is 0 Å². The van der Waals surface area contributed by atoms with E-state index < -0.39 is 23.9 Å². The van der Waals surface area contributed by atoms with Gasteiger partial charge in [-0.1, -0.05) is 0 Å². The Morgan fingerprint density at radius 1 is 0.604 bits per heavy atom. The van der Waals surface area contributed by atoms with E-state index in [9.17, 15) is 39.6 Å². The topological polar surface area (TPSA) is 207 Å². The number of nitrogens with zero attached hydrogens (tertiary/aromatic N) is 2. The second kappa shape index (κ2) is 13.5. The molecule has 0 atom stereocenters. The molecule has 0 saturated heterocycles. The first-order valence-corrected chi connectivity index (χ1v) is 15.4. The summed E-state index contributed by atoms with van der Waals surface area (Å²) in [5.41, 5.74) is 10.8. The second-order valence-electron chi connectivity index (χ2n) is 11.9. The molecule has 0 amide bonds. The van der Waals surface area contributed by atoms with Crippen molar-refractivity contribution in [1.82, 2.24) is 19.9 Å². The minimum atomic E-state index is -1.11. The van der Waals surface area contributed by atoms with Crippen molar-refractivity contribution in [2.75, 3.05) is 0 Å². The van der Waals surface area contributed by atoms with Crippen molar-refractivity contribution in [2.24, 2.45) is 0 Å². The number of carboxylic acids is 4. The number of rotatable bonds is 11. The minimum absolute atomic E-state index is 0.110. The summed E-state index contributed by atoms with van der Waals surface area (Å²) < 4.78 is 0. The number of nitrogens with one attached hydrogen (secondary N) is 2. The van der Waals surface area contributed by atoms with Gasteiger partial charge < -0.3 is 30.4 Å². The van der Waals surface area contributed by atoms with Crippen molar-refractivity contribution in [3.8, 4) is 0 Å². The van der Waals surface area contributed by atoms with Gasteiger partial charge in [-0.25, -0.2) is 14.8 Å². The Morgan fingerprint density at radius 2 is 1.04 bits per heavy atom. The molecular formula is C36H36N4O8. The lowest BCUT2D eigenvalue weighted by Gasteiger charge is -2.03. The molecular weight excluding hydrogens is 616 g/mol. The number of carboxylic acid groups (broad SMARTS) is 4. The van der Waals surface area contributed by atoms with Gasteiger partial charge >= 0.3 is 23.9 Å². The summed E-state index contributed by atoms with van der Waals surface area (Å²) in [5, 5.41) is 37.9. The predicted octanol–water partition coefficient (Wildman–Crippen LogP) is 6.64. The van der Waals surface area contributed by atoms with E-state index in [0.717, 1.165) is 45.1 Å². The Balaban J connectivity index is 1.93. The molecule has 0 saturated carbocycles. The van der Waals surface area contributed by atoms with Gasteiger partial charge in [0.1, 0.15) is 0 Å². The molecule has 0 spiro atoms. The van der Waals surface area contributed by atoms with E-state index in [2.05, 4.69) is 9.97 Å². The largest absolute Gasteiger partial charge is 0.481 e. The van der Waals surface area contributed by atoms with Gasteiger partial charge in [-0.3, -0.25) is 14.4 Å². The molecule has 5 rings (SSSR count). The van der Waals surface area contributed by atoms with Crippen molar-refractivity contribution in [2.45, 2.75) is 66.2 Å². The van der Waals surface area contributed by atoms with Gasteiger partial charge in [0, 0.05) is 53.0 Å². The zero-order valence-electron chi connectivity index (χ0n) is 27.0. The molecule has 0 aliphatic carbocycles. The molecule has 2 aliphatic heterocycles. The van der Waals surface area contributed by atoms with Crippen LogP contribution in [0, 0.1) is 13.8 Å². The first-order valence-electron chi connectivity index (χ1n) is 15.4. The third kappa shape index (κ3) is 6.97. The van der Waals surface area contributed by atoms with Crippen LogP contribution < -0.4 is 0 Å². The van der Waals surface area contributed by atoms with Crippen LogP contribution in [-0.2, 0) is 25.6 Å². The Kier molecular flexibility index (Phi) is 9.46. The Labute approximate surface area is 275 Å². The number of aromatic nitrogens is 4. The molecule has 0 unspecified atom stereocenters. The van der Waals surface area contributed by atoms with Crippen molar-refractivity contribution >= 4 is 74.3 Å². The lowest BCUT2D eigenvalue weighted by atomic mass is 10.00. The number of aliphatic carboxylic acids is 4. The number of hydrogen-bond donors (Lipinski definition) is 6. The molecule has 6 N–H and O–H groups in total. The van der Waals surface area contributed by atoms with Crippen molar-refractivity contribution in [3.63, 3.8) is 0 Å². The van der Waals surface area contributed by atoms with Crippen LogP contribution in [-0.4, -0.2) is 64.2 Å². The zero-order chi connectivity index (χ0) is 34.9. The highest BCUT2D eigenvalue weighted by Gasteiger charge is 2.22. The second-order valence-corrected chi connectivity index (χ2v) is 11.9. The van der Waals surface area contributed by atoms with Gasteiger partial charge in [0.2, 0.25) is 0 Å². The number of H-pyrrole nitrogens is 2. The van der Waals surface area contributed by atoms with Crippen LogP contribution in [0.4, 0.5) is 0 Å². The highest BCUT2D eigenvalue weighted by Crippen LogP contribution is 2.37. The lowest BCUT2D eigenvalue weighted by molar-refractivity contribution is -0.137. The summed E-state index contributed by atoms with van der Waals surface area (Å²) in [5.74, 6) is -3.97. The van der Waals surface area contributed by atoms with Crippen LogP contribution in [0.25, 0.3) is 50.4 Å². The summed E-state index contributed by atoms with van der Waals surface area (Å²) in [4.78, 5) is 62.9. The van der Waals surface area contributed by atoms with Crippen molar-refractivity contribution < 1.29 is 39.6 Å². The maximum atomic E-state index is 11.6. The Bertz CT molecular complexity index is 2130. The van der Waals surface area contributed by atoms with Gasteiger partial charge in [-0.15, -0.1) is 0 Å². The molecule has 5 heterocycles. The van der Waals surface area contributed by atoms with Gasteiger partial charge in [0.05, 0.1) is 22.8 Å². The summed E-state index contributed by atoms with van der Waals surface area (Å²) >= 11 is 0. The van der Waals surface area contributed by atoms with E-state index >= 15 is 0 Å². The maximum absolute atomic E-state index is 11.6. The number of carbonyl (C=O) groups is 4. The van der Waals surface area contributed by atoms with E-state index in [4.69, 9.17) is 9.97 Å². The van der Waals surface area contributed by atoms with Gasteiger partial charge in [-0.2, -0.15) is 0 Å². The summed E-state index contributed by atoms with van der Waals surface area (Å²) in [6.45, 7) is 7.47. The first kappa shape index (κ1) is 33.6. The molecule has 3 aromatic rings. The van der Waals surface area contributed by atoms with Gasteiger partial charge in [-0.05, 0) is 116 Å². The molecule has 12 nitrogen and oxygen atoms in total. The van der Waals surface area contributed by atoms with Crippen LogP contribution in [0.3, 0.4) is 0 Å². The Morgan fingerprint density at radius 3 is 1.56 bits per heavy atom. The highest BCUT2D eigenvalue weighted by molar-refractivity contribution is 5.97. The molecule has 248 valence electrons. The first-order chi connectivity index (χ1) is 22.7. The van der Waals surface area contributed by atoms with Crippen LogP contribution in [0.1, 0.15) is 91.0 Å². The molecule has 0 fully saturated rings. The fourth-order valence-corrected chi connectivity index (χ4v) is 6.20. The van der Waals surface area contributed by atoms with E-state index in [1.165, 1.54) is 6.08 Å². The molecule has 0 radical (unpaired) electrons. The highest BCUT2D eigenvalue weighted by atomic mass is 16.4. The monoisotopic (exact) mass is 652 g/mol. The van der Waals surface area contributed by atoms with E-state index in [0.29, 0.717) is 50.4 Å². The van der Waals surface area contributed by atoms with Crippen LogP contribution >= 0.6 is 0 Å². The Hall–Kier alpha value is -5.78. The van der Waals surface area contributed by atoms with Crippen molar-refractivity contribution in [1.29, 1.82) is 0 Å². The summed E-state index contributed by atoms with van der Waals surface area (Å²) in [6, 6.07) is 7.29. The molecule has 3 aromatic heterocycles. The quantitative estimate of drug-likeness (QED) is 0.122. The third-order valence-corrected chi connectivity index (χ3v) is 8.88. The average Bonchev–Trinajstić information content (AvgIpc) is 3.66. The smallest absolute Gasteiger partial charge is 0.328 e. The fraction of sp³-hybridized carbons (Fsp3) is 0.278. The maximum Gasteiger partial charge on any atom is 0.328 e. The number of allylic oxidation sites excluding steroid dienone is 4. The SMILES string of the molecule is CC1=C(CCC(=O)O)c2cc3[nH]c(cc4nc(cc5[nH]c(cc1n2)c(/C=C/C(=O)O)c5C)C(C)=C4CCC(=O)O)c(CCC(=O)O)c3C. The molecule has 48 heavy (non-hydrogen) atoms. The van der Waals surface area contributed by atoms with Gasteiger partial charge in [0.25, 0.3) is 0 Å². The molecule has 12 heteroatoms. The average molecular weight is 653 g/mol. The summed E-state index contributed by atoms with van der Waals surface area (Å²) in [6.07, 6.45) is 2.89. The van der Waals surface area contributed by atoms with Gasteiger partial charge in [0.15, 0.2) is 0 Å². The normalized spacial score (nSPS) is 13.1. The van der Waals surface area contributed by atoms with Crippen LogP contribution in [0.2, 0.25) is 0 Å². The predicted molar refractivity (Wildman–Crippen MR) is 182 cm³/mol. The molecule has 8 bridgehead atoms. The van der Waals surface area contributed by atoms with E-state index in [-0.39, 0.29) is 38.5 Å². The van der Waals surface area contributed by atoms with E-state index in [1.54, 1.807) is 0 Å². The number of hydrogen-bond acceptors (Lipinski definition) is 6. The number of fused-ring (bicyclic) bond motifs is 8. The zero-order valence-corrected chi connectivity index (χ0v) is 27.0. The molecule has 0 aromatic carbocycles. The van der Waals surface area contributed by atoms with Crippen molar-refractivity contribution in [3.05, 3.63) is 75.4 Å². The lowest BCUT2D eigenvalue weighted by Crippen LogP contribution is -1.98. The summed E-state index contributed by atoms with van der Waals surface area (Å²) in [7, 11) is 0. The molecule has 2 aliphatic rings. The standard InChI is InChI=1S/C36H36N4O8/c1-17-21(5-9-33(41)42)29-14-27-19(3)22(6-10-34(43)44)30(39-27)15-28-20(4)24(8-12-36(47)48)32(40-28)16-31-23(7-11-35(45)46)18(2)26(38-31)13-25(17)37-29/h5,9,13-16,37,40H,6-8,10-12H2,1-4H3,(H,41,42)(H,43,44)(H,45,46)(H,47,48)/b9-5+,25-13?,26-13?,27-14?,28-15?,29-14?,30-15?,31-16?,32-16?. The van der Waals surface area contributed by atoms with E-state index in [1.807, 2.05) is 52.0 Å². The number of aromatic amines is 2. The number of aryl methyl sites for hydroxylation is 3. The fourth-order valence-electron chi connectivity index (χ4n) is 6.20. The third-order valence-electron chi connectivity index (χ3n) is 8.88. The minimum Gasteiger partial charge on any atom is -0.481 e. The van der Waals surface area contributed by atoms with Crippen LogP contribution in [0.15, 0.2) is 30.3 Å².